The van der Waals surface area contributed by atoms with Gasteiger partial charge in [0, 0.05) is 35.6 Å². The molecule has 0 radical (unpaired) electrons. The fourth-order valence-electron chi connectivity index (χ4n) is 4.61. The number of rotatable bonds is 5. The predicted octanol–water partition coefficient (Wildman–Crippen LogP) is 5.70. The van der Waals surface area contributed by atoms with Gasteiger partial charge in [0.1, 0.15) is 28.5 Å². The molecule has 37 heavy (non-hydrogen) atoms. The Hall–Kier alpha value is -3.98. The van der Waals surface area contributed by atoms with Crippen LogP contribution in [-0.2, 0) is 0 Å². The summed E-state index contributed by atoms with van der Waals surface area (Å²) >= 11 is 1.47. The molecule has 9 heteroatoms. The summed E-state index contributed by atoms with van der Waals surface area (Å²) in [6.07, 6.45) is 1.53. The lowest BCUT2D eigenvalue weighted by Gasteiger charge is -2.31. The van der Waals surface area contributed by atoms with Gasteiger partial charge >= 0.3 is 0 Å². The van der Waals surface area contributed by atoms with Crippen LogP contribution in [0.3, 0.4) is 0 Å². The molecule has 0 atom stereocenters. The van der Waals surface area contributed by atoms with Gasteiger partial charge < -0.3 is 19.8 Å². The highest BCUT2D eigenvalue weighted by Gasteiger charge is 2.31. The fourth-order valence-corrected chi connectivity index (χ4v) is 5.58. The van der Waals surface area contributed by atoms with E-state index in [1.165, 1.54) is 11.3 Å². The van der Waals surface area contributed by atoms with Crippen LogP contribution in [0.1, 0.15) is 61.5 Å². The third-order valence-corrected chi connectivity index (χ3v) is 8.02. The molecule has 0 spiro atoms. The first-order valence-corrected chi connectivity index (χ1v) is 13.1. The van der Waals surface area contributed by atoms with Gasteiger partial charge in [-0.15, -0.1) is 11.3 Å². The summed E-state index contributed by atoms with van der Waals surface area (Å²) in [4.78, 5) is 32.7. The van der Waals surface area contributed by atoms with E-state index in [4.69, 9.17) is 4.52 Å². The van der Waals surface area contributed by atoms with Crippen molar-refractivity contribution in [1.29, 1.82) is 0 Å². The topological polar surface area (TPSA) is 109 Å². The van der Waals surface area contributed by atoms with E-state index in [-0.39, 0.29) is 23.5 Å². The maximum absolute atomic E-state index is 13.4. The lowest BCUT2D eigenvalue weighted by Crippen LogP contribution is -2.38. The first-order valence-electron chi connectivity index (χ1n) is 12.2. The molecule has 4 aromatic rings. The number of nitrogens with zero attached hydrogens (tertiary/aromatic N) is 3. The number of anilines is 1. The summed E-state index contributed by atoms with van der Waals surface area (Å²) < 4.78 is 5.38. The van der Waals surface area contributed by atoms with Crippen molar-refractivity contribution in [1.82, 2.24) is 15.0 Å². The second-order valence-corrected chi connectivity index (χ2v) is 10.2. The van der Waals surface area contributed by atoms with Gasteiger partial charge in [0.25, 0.3) is 11.8 Å². The number of carbonyl (C=O) groups is 2. The summed E-state index contributed by atoms with van der Waals surface area (Å²) in [6.45, 7) is 6.62. The molecule has 2 N–H and O–H groups in total. The van der Waals surface area contributed by atoms with Gasteiger partial charge in [0.2, 0.25) is 0 Å². The number of aromatic nitrogens is 2. The lowest BCUT2D eigenvalue weighted by atomic mass is 9.96. The van der Waals surface area contributed by atoms with Crippen LogP contribution in [0.4, 0.5) is 5.69 Å². The summed E-state index contributed by atoms with van der Waals surface area (Å²) in [6, 6.07) is 12.8. The average molecular weight is 517 g/mol. The zero-order valence-corrected chi connectivity index (χ0v) is 21.8. The van der Waals surface area contributed by atoms with Crippen molar-refractivity contribution >= 4 is 28.8 Å². The van der Waals surface area contributed by atoms with Crippen LogP contribution in [0.2, 0.25) is 0 Å². The van der Waals surface area contributed by atoms with Crippen molar-refractivity contribution in [2.45, 2.75) is 39.5 Å². The second kappa shape index (κ2) is 10.2. The molecule has 2 aromatic carbocycles. The number of thiazole rings is 1. The minimum atomic E-state index is -0.278. The van der Waals surface area contributed by atoms with Crippen molar-refractivity contribution in [3.63, 3.8) is 0 Å². The van der Waals surface area contributed by atoms with Gasteiger partial charge in [-0.2, -0.15) is 0 Å². The third kappa shape index (κ3) is 4.86. The molecule has 3 heterocycles. The standard InChI is InChI=1S/C28H28N4O4S/c1-16-17(2)23(33)10-9-21(16)29-26(34)22-15-37-27(30-22)20-11-13-32(14-12-20)28(35)24-18(3)36-31-25(24)19-7-5-4-6-8-19/h4-10,15,20,33H,11-14H2,1-3H3,(H,29,34). The maximum Gasteiger partial charge on any atom is 0.275 e. The minimum Gasteiger partial charge on any atom is -0.508 e. The number of piperidine rings is 1. The van der Waals surface area contributed by atoms with E-state index in [1.54, 1.807) is 24.4 Å². The number of benzene rings is 2. The van der Waals surface area contributed by atoms with Crippen LogP contribution in [0, 0.1) is 20.8 Å². The quantitative estimate of drug-likeness (QED) is 0.329. The molecule has 0 aliphatic carbocycles. The van der Waals surface area contributed by atoms with Crippen LogP contribution in [0.25, 0.3) is 11.3 Å². The van der Waals surface area contributed by atoms with Gasteiger partial charge in [-0.25, -0.2) is 4.98 Å². The van der Waals surface area contributed by atoms with E-state index in [9.17, 15) is 14.7 Å². The number of aromatic hydroxyl groups is 1. The SMILES string of the molecule is Cc1onc(-c2ccccc2)c1C(=O)N1CCC(c2nc(C(=O)Nc3ccc(O)c(C)c3C)cs2)CC1. The zero-order chi connectivity index (χ0) is 26.1. The highest BCUT2D eigenvalue weighted by Crippen LogP contribution is 2.33. The number of carbonyl (C=O) groups excluding carboxylic acids is 2. The molecule has 0 bridgehead atoms. The number of hydrogen-bond donors (Lipinski definition) is 2. The Balaban J connectivity index is 1.24. The number of hydrogen-bond acceptors (Lipinski definition) is 7. The largest absolute Gasteiger partial charge is 0.508 e. The molecule has 1 aliphatic rings. The van der Waals surface area contributed by atoms with Gasteiger partial charge in [-0.3, -0.25) is 9.59 Å². The average Bonchev–Trinajstić information content (AvgIpc) is 3.57. The molecule has 1 saturated heterocycles. The molecule has 0 unspecified atom stereocenters. The molecular formula is C28H28N4O4S. The van der Waals surface area contributed by atoms with E-state index < -0.39 is 0 Å². The van der Waals surface area contributed by atoms with E-state index >= 15 is 0 Å². The number of likely N-dealkylation sites (tertiary alicyclic amines) is 1. The summed E-state index contributed by atoms with van der Waals surface area (Å²) in [5.74, 6) is 0.548. The lowest BCUT2D eigenvalue weighted by molar-refractivity contribution is 0.0711. The Morgan fingerprint density at radius 2 is 1.78 bits per heavy atom. The van der Waals surface area contributed by atoms with Crippen LogP contribution in [-0.4, -0.2) is 45.1 Å². The first kappa shape index (κ1) is 24.7. The Bertz CT molecular complexity index is 1450. The monoisotopic (exact) mass is 516 g/mol. The van der Waals surface area contributed by atoms with Gasteiger partial charge in [-0.1, -0.05) is 35.5 Å². The molecule has 190 valence electrons. The first-order chi connectivity index (χ1) is 17.8. The number of phenols is 1. The van der Waals surface area contributed by atoms with E-state index in [0.717, 1.165) is 34.5 Å². The maximum atomic E-state index is 13.4. The summed E-state index contributed by atoms with van der Waals surface area (Å²) in [7, 11) is 0. The Labute approximate surface area is 218 Å². The number of nitrogens with one attached hydrogen (secondary N) is 1. The normalized spacial score (nSPS) is 14.1. The molecular weight excluding hydrogens is 488 g/mol. The van der Waals surface area contributed by atoms with Crippen LogP contribution >= 0.6 is 11.3 Å². The highest BCUT2D eigenvalue weighted by atomic mass is 32.1. The third-order valence-electron chi connectivity index (χ3n) is 7.02. The molecule has 8 nitrogen and oxygen atoms in total. The molecule has 5 rings (SSSR count). The van der Waals surface area contributed by atoms with Crippen molar-refractivity contribution < 1.29 is 19.2 Å². The van der Waals surface area contributed by atoms with Crippen LogP contribution in [0.15, 0.2) is 52.4 Å². The number of amides is 2. The second-order valence-electron chi connectivity index (χ2n) is 9.30. The van der Waals surface area contributed by atoms with Gasteiger partial charge in [-0.05, 0) is 56.9 Å². The highest BCUT2D eigenvalue weighted by molar-refractivity contribution is 7.10. The smallest absolute Gasteiger partial charge is 0.275 e. The molecule has 2 aromatic heterocycles. The van der Waals surface area contributed by atoms with Crippen molar-refractivity contribution in [3.8, 4) is 17.0 Å². The Kier molecular flexibility index (Phi) is 6.80. The van der Waals surface area contributed by atoms with Crippen LogP contribution < -0.4 is 5.32 Å². The van der Waals surface area contributed by atoms with Gasteiger partial charge in [0.15, 0.2) is 0 Å². The summed E-state index contributed by atoms with van der Waals surface area (Å²) in [5.41, 5.74) is 4.51. The molecule has 2 amide bonds. The zero-order valence-electron chi connectivity index (χ0n) is 20.9. The van der Waals surface area contributed by atoms with E-state index in [2.05, 4.69) is 15.5 Å². The molecule has 1 aliphatic heterocycles. The fraction of sp³-hybridized carbons (Fsp3) is 0.286. The van der Waals surface area contributed by atoms with Crippen LogP contribution in [0.5, 0.6) is 5.75 Å². The van der Waals surface area contributed by atoms with Crippen molar-refractivity contribution in [2.24, 2.45) is 0 Å². The van der Waals surface area contributed by atoms with Crippen molar-refractivity contribution in [2.75, 3.05) is 18.4 Å². The van der Waals surface area contributed by atoms with Gasteiger partial charge in [0.05, 0.1) is 5.01 Å². The summed E-state index contributed by atoms with van der Waals surface area (Å²) in [5, 5.41) is 19.6. The number of phenolic OH excluding ortho intramolecular Hbond substituents is 1. The van der Waals surface area contributed by atoms with E-state index in [0.29, 0.717) is 41.5 Å². The number of aryl methyl sites for hydroxylation is 1. The Morgan fingerprint density at radius 3 is 2.51 bits per heavy atom. The van der Waals surface area contributed by atoms with Crippen molar-refractivity contribution in [3.05, 3.63) is 81.0 Å². The predicted molar refractivity (Wildman–Crippen MR) is 142 cm³/mol. The minimum absolute atomic E-state index is 0.0742. The molecule has 1 fully saturated rings. The molecule has 0 saturated carbocycles. The van der Waals surface area contributed by atoms with E-state index in [1.807, 2.05) is 49.1 Å². The Morgan fingerprint density at radius 1 is 1.05 bits per heavy atom.